The number of rotatable bonds is 5. The molecule has 0 aliphatic heterocycles. The summed E-state index contributed by atoms with van der Waals surface area (Å²) in [7, 11) is 0. The number of hydrogen-bond donors (Lipinski definition) is 2. The van der Waals surface area contributed by atoms with E-state index < -0.39 is 0 Å². The van der Waals surface area contributed by atoms with E-state index >= 15 is 0 Å². The van der Waals surface area contributed by atoms with Crippen molar-refractivity contribution in [1.82, 2.24) is 0 Å². The standard InChI is InChI=1S/C14H22OS/c1-4-5-6-9-14(2,3)11-7-8-12(15)13(16)10-11/h7-8,10,15-16H,4-6,9H2,1-3H3. The minimum atomic E-state index is 0.167. The van der Waals surface area contributed by atoms with Gasteiger partial charge in [-0.3, -0.25) is 0 Å². The quantitative estimate of drug-likeness (QED) is 0.570. The van der Waals surface area contributed by atoms with Crippen molar-refractivity contribution in [3.8, 4) is 5.75 Å². The Labute approximate surface area is 104 Å². The summed E-state index contributed by atoms with van der Waals surface area (Å²) in [6.45, 7) is 6.73. The van der Waals surface area contributed by atoms with Crippen LogP contribution in [0.15, 0.2) is 23.1 Å². The second-order valence-electron chi connectivity index (χ2n) is 5.04. The van der Waals surface area contributed by atoms with E-state index in [9.17, 15) is 5.11 Å². The van der Waals surface area contributed by atoms with Gasteiger partial charge in [0.05, 0.1) is 0 Å². The zero-order valence-corrected chi connectivity index (χ0v) is 11.3. The molecule has 0 unspecified atom stereocenters. The van der Waals surface area contributed by atoms with E-state index in [0.717, 1.165) is 0 Å². The fourth-order valence-corrected chi connectivity index (χ4v) is 2.12. The highest BCUT2D eigenvalue weighted by Crippen LogP contribution is 2.33. The van der Waals surface area contributed by atoms with Gasteiger partial charge in [0.25, 0.3) is 0 Å². The third-order valence-electron chi connectivity index (χ3n) is 3.16. The van der Waals surface area contributed by atoms with E-state index in [-0.39, 0.29) is 11.2 Å². The molecule has 1 aromatic carbocycles. The van der Waals surface area contributed by atoms with E-state index in [4.69, 9.17) is 0 Å². The molecule has 1 aromatic rings. The summed E-state index contributed by atoms with van der Waals surface area (Å²) in [5.74, 6) is 0.261. The summed E-state index contributed by atoms with van der Waals surface area (Å²) in [5.41, 5.74) is 1.42. The highest BCUT2D eigenvalue weighted by Gasteiger charge is 2.20. The lowest BCUT2D eigenvalue weighted by atomic mass is 9.80. The molecule has 1 N–H and O–H groups in total. The van der Waals surface area contributed by atoms with Gasteiger partial charge in [-0.2, -0.15) is 0 Å². The van der Waals surface area contributed by atoms with Crippen molar-refractivity contribution < 1.29 is 5.11 Å². The van der Waals surface area contributed by atoms with Crippen molar-refractivity contribution in [2.24, 2.45) is 0 Å². The van der Waals surface area contributed by atoms with E-state index in [1.807, 2.05) is 12.1 Å². The fraction of sp³-hybridized carbons (Fsp3) is 0.571. The van der Waals surface area contributed by atoms with Crippen molar-refractivity contribution in [2.45, 2.75) is 56.8 Å². The van der Waals surface area contributed by atoms with Crippen molar-refractivity contribution >= 4 is 12.6 Å². The summed E-state index contributed by atoms with van der Waals surface area (Å²) in [5, 5.41) is 9.45. The number of thiol groups is 1. The molecule has 90 valence electrons. The van der Waals surface area contributed by atoms with Crippen LogP contribution in [0.2, 0.25) is 0 Å². The molecule has 0 fully saturated rings. The smallest absolute Gasteiger partial charge is 0.128 e. The van der Waals surface area contributed by atoms with Crippen molar-refractivity contribution in [3.05, 3.63) is 23.8 Å². The highest BCUT2D eigenvalue weighted by atomic mass is 32.1. The summed E-state index contributed by atoms with van der Waals surface area (Å²) in [6, 6.07) is 5.71. The Hall–Kier alpha value is -0.630. The molecular formula is C14H22OS. The van der Waals surface area contributed by atoms with Crippen LogP contribution < -0.4 is 0 Å². The molecule has 0 aliphatic carbocycles. The maximum Gasteiger partial charge on any atom is 0.128 e. The molecular weight excluding hydrogens is 216 g/mol. The largest absolute Gasteiger partial charge is 0.507 e. The molecule has 16 heavy (non-hydrogen) atoms. The molecule has 0 heterocycles. The van der Waals surface area contributed by atoms with Crippen LogP contribution in [0.1, 0.15) is 52.0 Å². The molecule has 0 aliphatic rings. The molecule has 0 saturated heterocycles. The van der Waals surface area contributed by atoms with Crippen LogP contribution >= 0.6 is 12.6 Å². The van der Waals surface area contributed by atoms with E-state index in [1.54, 1.807) is 6.07 Å². The third-order valence-corrected chi connectivity index (χ3v) is 3.52. The summed E-state index contributed by atoms with van der Waals surface area (Å²) >= 11 is 4.26. The predicted octanol–water partition coefficient (Wildman–Crippen LogP) is 4.54. The molecule has 0 amide bonds. The first kappa shape index (κ1) is 13.4. The Morgan fingerprint density at radius 1 is 1.25 bits per heavy atom. The second kappa shape index (κ2) is 5.62. The topological polar surface area (TPSA) is 20.2 Å². The van der Waals surface area contributed by atoms with Crippen LogP contribution in [0.4, 0.5) is 0 Å². The van der Waals surface area contributed by atoms with Gasteiger partial charge in [0.2, 0.25) is 0 Å². The monoisotopic (exact) mass is 238 g/mol. The van der Waals surface area contributed by atoms with Gasteiger partial charge in [-0.15, -0.1) is 12.6 Å². The first-order chi connectivity index (χ1) is 7.47. The van der Waals surface area contributed by atoms with Gasteiger partial charge in [-0.25, -0.2) is 0 Å². The number of benzene rings is 1. The molecule has 0 bridgehead atoms. The van der Waals surface area contributed by atoms with E-state index in [0.29, 0.717) is 4.90 Å². The van der Waals surface area contributed by atoms with Gasteiger partial charge >= 0.3 is 0 Å². The van der Waals surface area contributed by atoms with Crippen LogP contribution in [-0.2, 0) is 5.41 Å². The SMILES string of the molecule is CCCCCC(C)(C)c1ccc(O)c(S)c1. The summed E-state index contributed by atoms with van der Waals surface area (Å²) in [6.07, 6.45) is 4.98. The Kier molecular flexibility index (Phi) is 4.72. The summed E-state index contributed by atoms with van der Waals surface area (Å²) < 4.78 is 0. The van der Waals surface area contributed by atoms with Crippen LogP contribution in [-0.4, -0.2) is 5.11 Å². The number of phenols is 1. The van der Waals surface area contributed by atoms with Gasteiger partial charge < -0.3 is 5.11 Å². The Morgan fingerprint density at radius 3 is 2.50 bits per heavy atom. The minimum Gasteiger partial charge on any atom is -0.507 e. The first-order valence-electron chi connectivity index (χ1n) is 6.00. The lowest BCUT2D eigenvalue weighted by Crippen LogP contribution is -2.16. The molecule has 1 rings (SSSR count). The first-order valence-corrected chi connectivity index (χ1v) is 6.44. The maximum absolute atomic E-state index is 9.45. The fourth-order valence-electron chi connectivity index (χ4n) is 1.91. The van der Waals surface area contributed by atoms with Gasteiger partial charge in [-0.1, -0.05) is 46.1 Å². The minimum absolute atomic E-state index is 0.167. The molecule has 0 spiro atoms. The lowest BCUT2D eigenvalue weighted by molar-refractivity contribution is 0.442. The number of aromatic hydroxyl groups is 1. The van der Waals surface area contributed by atoms with Gasteiger partial charge in [0.1, 0.15) is 5.75 Å². The zero-order chi connectivity index (χ0) is 12.2. The molecule has 2 heteroatoms. The average Bonchev–Trinajstić information content (AvgIpc) is 2.22. The number of hydrogen-bond acceptors (Lipinski definition) is 2. The van der Waals surface area contributed by atoms with Crippen molar-refractivity contribution in [3.63, 3.8) is 0 Å². The lowest BCUT2D eigenvalue weighted by Gasteiger charge is -2.25. The van der Waals surface area contributed by atoms with Gasteiger partial charge in [-0.05, 0) is 29.5 Å². The Balaban J connectivity index is 2.76. The van der Waals surface area contributed by atoms with Crippen LogP contribution in [0, 0.1) is 0 Å². The normalized spacial score (nSPS) is 11.8. The van der Waals surface area contributed by atoms with Gasteiger partial charge in [0, 0.05) is 4.90 Å². The maximum atomic E-state index is 9.45. The van der Waals surface area contributed by atoms with Crippen molar-refractivity contribution in [2.75, 3.05) is 0 Å². The second-order valence-corrected chi connectivity index (χ2v) is 5.53. The molecule has 0 radical (unpaired) electrons. The van der Waals surface area contributed by atoms with Crippen LogP contribution in [0.3, 0.4) is 0 Å². The zero-order valence-electron chi connectivity index (χ0n) is 10.5. The average molecular weight is 238 g/mol. The Morgan fingerprint density at radius 2 is 1.94 bits per heavy atom. The number of phenolic OH excluding ortho intramolecular Hbond substituents is 1. The van der Waals surface area contributed by atoms with Gasteiger partial charge in [0.15, 0.2) is 0 Å². The molecule has 1 nitrogen and oxygen atoms in total. The van der Waals surface area contributed by atoms with Crippen LogP contribution in [0.25, 0.3) is 0 Å². The molecule has 0 aromatic heterocycles. The van der Waals surface area contributed by atoms with Crippen LogP contribution in [0.5, 0.6) is 5.75 Å². The third kappa shape index (κ3) is 3.44. The predicted molar refractivity (Wildman–Crippen MR) is 72.5 cm³/mol. The van der Waals surface area contributed by atoms with Crippen molar-refractivity contribution in [1.29, 1.82) is 0 Å². The Bertz CT molecular complexity index is 345. The summed E-state index contributed by atoms with van der Waals surface area (Å²) in [4.78, 5) is 0.668. The van der Waals surface area contributed by atoms with E-state index in [2.05, 4.69) is 33.4 Å². The van der Waals surface area contributed by atoms with E-state index in [1.165, 1.54) is 31.2 Å². The number of unbranched alkanes of at least 4 members (excludes halogenated alkanes) is 2. The molecule has 0 atom stereocenters. The highest BCUT2D eigenvalue weighted by molar-refractivity contribution is 7.80. The molecule has 0 saturated carbocycles.